The molecule has 0 aliphatic heterocycles. The standard InChI is InChI=1S/C16H20BrCl/c17-16-9-7-14(8-10-16)2-1-13-3-5-15(6-4-13)11-12-18/h7-13,15H,1-6H2. The molecule has 1 saturated carbocycles. The van der Waals surface area contributed by atoms with E-state index in [1.54, 1.807) is 5.54 Å². The molecule has 1 aliphatic rings. The predicted molar refractivity (Wildman–Crippen MR) is 82.9 cm³/mol. The van der Waals surface area contributed by atoms with Gasteiger partial charge in [0.25, 0.3) is 0 Å². The zero-order valence-electron chi connectivity index (χ0n) is 10.6. The molecule has 0 nitrogen and oxygen atoms in total. The maximum atomic E-state index is 5.64. The zero-order chi connectivity index (χ0) is 12.8. The highest BCUT2D eigenvalue weighted by molar-refractivity contribution is 9.10. The third-order valence-electron chi connectivity index (χ3n) is 3.99. The molecule has 0 amide bonds. The summed E-state index contributed by atoms with van der Waals surface area (Å²) in [6.45, 7) is 0. The summed E-state index contributed by atoms with van der Waals surface area (Å²) in [5.74, 6) is 1.64. The molecule has 0 aromatic heterocycles. The Bertz CT molecular complexity index is 375. The average molecular weight is 328 g/mol. The Kier molecular flexibility index (Phi) is 5.78. The van der Waals surface area contributed by atoms with Crippen LogP contribution in [0.4, 0.5) is 0 Å². The number of hydrogen-bond donors (Lipinski definition) is 0. The van der Waals surface area contributed by atoms with Crippen LogP contribution in [0.2, 0.25) is 0 Å². The molecular formula is C16H20BrCl. The molecule has 18 heavy (non-hydrogen) atoms. The minimum absolute atomic E-state index is 0.728. The maximum absolute atomic E-state index is 5.64. The molecule has 2 heteroatoms. The molecule has 0 bridgehead atoms. The lowest BCUT2D eigenvalue weighted by molar-refractivity contribution is 0.296. The highest BCUT2D eigenvalue weighted by Crippen LogP contribution is 2.32. The molecule has 0 unspecified atom stereocenters. The van der Waals surface area contributed by atoms with Gasteiger partial charge < -0.3 is 0 Å². The van der Waals surface area contributed by atoms with Gasteiger partial charge in [-0.2, -0.15) is 0 Å². The second kappa shape index (κ2) is 7.35. The first kappa shape index (κ1) is 14.1. The fraction of sp³-hybridized carbons (Fsp3) is 0.500. The fourth-order valence-electron chi connectivity index (χ4n) is 2.79. The van der Waals surface area contributed by atoms with E-state index in [9.17, 15) is 0 Å². The van der Waals surface area contributed by atoms with E-state index in [1.807, 2.05) is 0 Å². The average Bonchev–Trinajstić information content (AvgIpc) is 2.40. The van der Waals surface area contributed by atoms with E-state index in [-0.39, 0.29) is 0 Å². The van der Waals surface area contributed by atoms with Crippen molar-refractivity contribution in [3.8, 4) is 0 Å². The first-order valence-electron chi connectivity index (χ1n) is 6.79. The summed E-state index contributed by atoms with van der Waals surface area (Å²) in [5.41, 5.74) is 3.15. The van der Waals surface area contributed by atoms with Gasteiger partial charge in [0.2, 0.25) is 0 Å². The minimum atomic E-state index is 0.728. The third kappa shape index (κ3) is 4.44. The number of hydrogen-bond acceptors (Lipinski definition) is 0. The number of aryl methyl sites for hydroxylation is 1. The molecule has 1 aliphatic carbocycles. The molecule has 0 saturated heterocycles. The van der Waals surface area contributed by atoms with Crippen molar-refractivity contribution in [2.75, 3.05) is 0 Å². The lowest BCUT2D eigenvalue weighted by Gasteiger charge is -2.26. The molecule has 0 N–H and O–H groups in total. The number of benzene rings is 1. The summed E-state index contributed by atoms with van der Waals surface area (Å²) in [7, 11) is 0. The molecular weight excluding hydrogens is 308 g/mol. The zero-order valence-corrected chi connectivity index (χ0v) is 13.0. The lowest BCUT2D eigenvalue weighted by atomic mass is 9.79. The van der Waals surface area contributed by atoms with E-state index in [0.29, 0.717) is 0 Å². The number of rotatable bonds is 4. The second-order valence-corrected chi connectivity index (χ2v) is 6.43. The van der Waals surface area contributed by atoms with Gasteiger partial charge in [0.05, 0.1) is 0 Å². The van der Waals surface area contributed by atoms with E-state index in [4.69, 9.17) is 11.6 Å². The van der Waals surface area contributed by atoms with Gasteiger partial charge in [-0.15, -0.1) is 0 Å². The van der Waals surface area contributed by atoms with Crippen molar-refractivity contribution in [3.63, 3.8) is 0 Å². The molecule has 0 atom stereocenters. The van der Waals surface area contributed by atoms with Crippen LogP contribution in [0.3, 0.4) is 0 Å². The van der Waals surface area contributed by atoms with Gasteiger partial charge in [0, 0.05) is 10.0 Å². The van der Waals surface area contributed by atoms with E-state index in [1.165, 1.54) is 48.6 Å². The van der Waals surface area contributed by atoms with Crippen LogP contribution in [0.5, 0.6) is 0 Å². The summed E-state index contributed by atoms with van der Waals surface area (Å²) in [4.78, 5) is 0. The number of allylic oxidation sites excluding steroid dienone is 1. The summed E-state index contributed by atoms with van der Waals surface area (Å²) in [6.07, 6.45) is 10.1. The van der Waals surface area contributed by atoms with Crippen LogP contribution in [0, 0.1) is 11.8 Å². The normalized spacial score (nSPS) is 24.6. The number of halogens is 2. The molecule has 0 heterocycles. The van der Waals surface area contributed by atoms with Gasteiger partial charge >= 0.3 is 0 Å². The summed E-state index contributed by atoms with van der Waals surface area (Å²) in [6, 6.07) is 8.73. The third-order valence-corrected chi connectivity index (χ3v) is 4.66. The Labute approximate surface area is 124 Å². The molecule has 98 valence electrons. The largest absolute Gasteiger partial charge is 0.0933 e. The molecule has 1 aromatic carbocycles. The molecule has 1 aromatic rings. The topological polar surface area (TPSA) is 0 Å². The first-order chi connectivity index (χ1) is 8.78. The van der Waals surface area contributed by atoms with Gasteiger partial charge in [-0.25, -0.2) is 0 Å². The van der Waals surface area contributed by atoms with Crippen molar-refractivity contribution in [1.29, 1.82) is 0 Å². The molecule has 2 rings (SSSR count). The summed E-state index contributed by atoms with van der Waals surface area (Å²) in [5, 5.41) is 0. The monoisotopic (exact) mass is 326 g/mol. The van der Waals surface area contributed by atoms with Crippen LogP contribution in [0.15, 0.2) is 40.3 Å². The maximum Gasteiger partial charge on any atom is 0.0175 e. The van der Waals surface area contributed by atoms with Gasteiger partial charge in [0.1, 0.15) is 0 Å². The molecule has 0 spiro atoms. The van der Waals surface area contributed by atoms with Crippen LogP contribution in [-0.4, -0.2) is 0 Å². The molecule has 0 radical (unpaired) electrons. The highest BCUT2D eigenvalue weighted by atomic mass is 79.9. The highest BCUT2D eigenvalue weighted by Gasteiger charge is 2.19. The van der Waals surface area contributed by atoms with Gasteiger partial charge in [-0.05, 0) is 68.1 Å². The summed E-state index contributed by atoms with van der Waals surface area (Å²) < 4.78 is 1.17. The second-order valence-electron chi connectivity index (χ2n) is 5.26. The quantitative estimate of drug-likeness (QED) is 0.642. The SMILES string of the molecule is ClC=CC1CCC(CCc2ccc(Br)cc2)CC1. The van der Waals surface area contributed by atoms with Crippen molar-refractivity contribution >= 4 is 27.5 Å². The van der Waals surface area contributed by atoms with Crippen molar-refractivity contribution in [1.82, 2.24) is 0 Å². The van der Waals surface area contributed by atoms with Gasteiger partial charge in [-0.3, -0.25) is 0 Å². The van der Waals surface area contributed by atoms with Crippen LogP contribution in [0.1, 0.15) is 37.7 Å². The van der Waals surface area contributed by atoms with Gasteiger partial charge in [-0.1, -0.05) is 45.7 Å². The van der Waals surface area contributed by atoms with Crippen LogP contribution in [-0.2, 0) is 6.42 Å². The lowest BCUT2D eigenvalue weighted by Crippen LogP contribution is -2.13. The van der Waals surface area contributed by atoms with E-state index < -0.39 is 0 Å². The van der Waals surface area contributed by atoms with E-state index in [2.05, 4.69) is 46.3 Å². The van der Waals surface area contributed by atoms with Crippen LogP contribution >= 0.6 is 27.5 Å². The van der Waals surface area contributed by atoms with Crippen molar-refractivity contribution in [2.45, 2.75) is 38.5 Å². The molecule has 1 fully saturated rings. The minimum Gasteiger partial charge on any atom is -0.0933 e. The van der Waals surface area contributed by atoms with Crippen molar-refractivity contribution < 1.29 is 0 Å². The first-order valence-corrected chi connectivity index (χ1v) is 8.02. The predicted octanol–water partition coefficient (Wildman–Crippen LogP) is 5.94. The van der Waals surface area contributed by atoms with Crippen LogP contribution < -0.4 is 0 Å². The summed E-state index contributed by atoms with van der Waals surface area (Å²) >= 11 is 9.12. The Morgan fingerprint density at radius 1 is 1.11 bits per heavy atom. The van der Waals surface area contributed by atoms with E-state index in [0.717, 1.165) is 11.8 Å². The Balaban J connectivity index is 1.73. The van der Waals surface area contributed by atoms with Crippen LogP contribution in [0.25, 0.3) is 0 Å². The fourth-order valence-corrected chi connectivity index (χ4v) is 3.26. The van der Waals surface area contributed by atoms with Crippen molar-refractivity contribution in [2.24, 2.45) is 11.8 Å². The Morgan fingerprint density at radius 2 is 1.78 bits per heavy atom. The Hall–Kier alpha value is -0.270. The van der Waals surface area contributed by atoms with E-state index >= 15 is 0 Å². The van der Waals surface area contributed by atoms with Crippen molar-refractivity contribution in [3.05, 3.63) is 45.9 Å². The van der Waals surface area contributed by atoms with Gasteiger partial charge in [0.15, 0.2) is 0 Å². The smallest absolute Gasteiger partial charge is 0.0175 e. The Morgan fingerprint density at radius 3 is 2.39 bits per heavy atom.